The lowest BCUT2D eigenvalue weighted by Gasteiger charge is -2.04. The molecule has 0 aliphatic rings. The summed E-state index contributed by atoms with van der Waals surface area (Å²) in [5.41, 5.74) is 0. The van der Waals surface area contributed by atoms with Crippen LogP contribution in [0.3, 0.4) is 0 Å². The van der Waals surface area contributed by atoms with Gasteiger partial charge in [0.15, 0.2) is 0 Å². The van der Waals surface area contributed by atoms with Crippen molar-refractivity contribution in [2.24, 2.45) is 0 Å². The summed E-state index contributed by atoms with van der Waals surface area (Å²) < 4.78 is 5.95. The van der Waals surface area contributed by atoms with Gasteiger partial charge in [0, 0.05) is 0 Å². The number of ether oxygens (including phenoxy) is 1. The minimum atomic E-state index is -0.773. The van der Waals surface area contributed by atoms with Crippen molar-refractivity contribution in [1.29, 1.82) is 0 Å². The van der Waals surface area contributed by atoms with Gasteiger partial charge in [0.05, 0.1) is 6.61 Å². The molecule has 48 valence electrons. The number of thiocarbonyl (C=S) groups is 1. The lowest BCUT2D eigenvalue weighted by molar-refractivity contribution is 0.343. The maximum absolute atomic E-state index is 5.10. The molecule has 0 aromatic heterocycles. The highest BCUT2D eigenvalue weighted by Gasteiger charge is 2.01. The van der Waals surface area contributed by atoms with Crippen molar-refractivity contribution in [3.05, 3.63) is 0 Å². The van der Waals surface area contributed by atoms with E-state index in [1.54, 1.807) is 0 Å². The SMILES string of the molecule is CCOC(=S)[SiH](C)C. The molecular weight excluding hydrogens is 136 g/mol. The van der Waals surface area contributed by atoms with E-state index in [0.717, 1.165) is 11.3 Å². The predicted molar refractivity (Wildman–Crippen MR) is 43.1 cm³/mol. The number of rotatable bonds is 2. The van der Waals surface area contributed by atoms with Gasteiger partial charge in [-0.2, -0.15) is 0 Å². The lowest BCUT2D eigenvalue weighted by atomic mass is 10.9. The van der Waals surface area contributed by atoms with Crippen molar-refractivity contribution in [3.8, 4) is 0 Å². The Bertz CT molecular complexity index is 82.5. The van der Waals surface area contributed by atoms with Crippen molar-refractivity contribution in [1.82, 2.24) is 0 Å². The molecule has 0 unspecified atom stereocenters. The van der Waals surface area contributed by atoms with Gasteiger partial charge in [-0.3, -0.25) is 0 Å². The van der Waals surface area contributed by atoms with Crippen LogP contribution in [0.15, 0.2) is 0 Å². The van der Waals surface area contributed by atoms with Gasteiger partial charge in [-0.05, 0) is 6.92 Å². The summed E-state index contributed by atoms with van der Waals surface area (Å²) >= 11 is 4.92. The summed E-state index contributed by atoms with van der Waals surface area (Å²) in [6.07, 6.45) is 0. The second-order valence-corrected chi connectivity index (χ2v) is 5.56. The quantitative estimate of drug-likeness (QED) is 0.432. The molecule has 0 aromatic rings. The van der Waals surface area contributed by atoms with E-state index in [4.69, 9.17) is 17.0 Å². The summed E-state index contributed by atoms with van der Waals surface area (Å²) in [6.45, 7) is 7.02. The topological polar surface area (TPSA) is 9.23 Å². The van der Waals surface area contributed by atoms with Crippen LogP contribution in [-0.2, 0) is 4.74 Å². The van der Waals surface area contributed by atoms with E-state index in [-0.39, 0.29) is 0 Å². The van der Waals surface area contributed by atoms with E-state index in [9.17, 15) is 0 Å². The Hall–Kier alpha value is 0.107. The smallest absolute Gasteiger partial charge is 0.131 e. The van der Waals surface area contributed by atoms with Crippen LogP contribution in [0.4, 0.5) is 0 Å². The number of hydrogen-bond donors (Lipinski definition) is 0. The molecule has 0 N–H and O–H groups in total. The van der Waals surface area contributed by atoms with Gasteiger partial charge in [0.25, 0.3) is 0 Å². The van der Waals surface area contributed by atoms with Crippen LogP contribution >= 0.6 is 12.2 Å². The maximum atomic E-state index is 5.10. The maximum Gasteiger partial charge on any atom is 0.131 e. The first-order valence-corrected chi connectivity index (χ1v) is 6.14. The highest BCUT2D eigenvalue weighted by Crippen LogP contribution is 1.88. The Kier molecular flexibility index (Phi) is 4.09. The van der Waals surface area contributed by atoms with Crippen molar-refractivity contribution < 1.29 is 4.74 Å². The van der Waals surface area contributed by atoms with Gasteiger partial charge in [0.2, 0.25) is 0 Å². The van der Waals surface area contributed by atoms with Crippen LogP contribution in [0.1, 0.15) is 6.92 Å². The molecule has 0 saturated heterocycles. The predicted octanol–water partition coefficient (Wildman–Crippen LogP) is 1.38. The number of hydrogen-bond acceptors (Lipinski definition) is 2. The molecule has 0 radical (unpaired) electrons. The van der Waals surface area contributed by atoms with Crippen LogP contribution in [-0.4, -0.2) is 20.1 Å². The molecule has 0 amide bonds. The van der Waals surface area contributed by atoms with E-state index in [2.05, 4.69) is 13.1 Å². The van der Waals surface area contributed by atoms with Crippen LogP contribution in [0, 0.1) is 0 Å². The Labute approximate surface area is 57.6 Å². The lowest BCUT2D eigenvalue weighted by Crippen LogP contribution is -2.18. The van der Waals surface area contributed by atoms with Crippen molar-refractivity contribution >= 4 is 25.7 Å². The molecule has 1 nitrogen and oxygen atoms in total. The van der Waals surface area contributed by atoms with Crippen molar-refractivity contribution in [3.63, 3.8) is 0 Å². The summed E-state index contributed by atoms with van der Waals surface area (Å²) in [5, 5.41) is 0. The zero-order chi connectivity index (χ0) is 6.57. The largest absolute Gasteiger partial charge is 0.493 e. The zero-order valence-electron chi connectivity index (χ0n) is 5.60. The minimum Gasteiger partial charge on any atom is -0.493 e. The standard InChI is InChI=1S/C5H12OSSi/c1-4-6-5(7)8(2)3/h8H,4H2,1-3H3. The highest BCUT2D eigenvalue weighted by molar-refractivity contribution is 7.83. The Morgan fingerprint density at radius 1 is 1.62 bits per heavy atom. The summed E-state index contributed by atoms with van der Waals surface area (Å²) in [6, 6.07) is 0. The third kappa shape index (κ3) is 3.15. The normalized spacial score (nSPS) is 9.50. The van der Waals surface area contributed by atoms with Gasteiger partial charge in [-0.1, -0.05) is 25.3 Å². The van der Waals surface area contributed by atoms with E-state index < -0.39 is 8.80 Å². The average Bonchev–Trinajstić information content (AvgIpc) is 1.67. The second kappa shape index (κ2) is 4.03. The molecule has 0 saturated carbocycles. The van der Waals surface area contributed by atoms with Crippen LogP contribution in [0.5, 0.6) is 0 Å². The fraction of sp³-hybridized carbons (Fsp3) is 0.800. The van der Waals surface area contributed by atoms with E-state index >= 15 is 0 Å². The second-order valence-electron chi connectivity index (χ2n) is 1.91. The summed E-state index contributed by atoms with van der Waals surface area (Å²) in [4.78, 5) is 0. The third-order valence-electron chi connectivity index (χ3n) is 0.758. The average molecular weight is 148 g/mol. The molecule has 0 bridgehead atoms. The molecular formula is C5H12OSSi. The van der Waals surface area contributed by atoms with E-state index in [0.29, 0.717) is 0 Å². The zero-order valence-corrected chi connectivity index (χ0v) is 7.57. The molecule has 0 atom stereocenters. The van der Waals surface area contributed by atoms with Gasteiger partial charge in [-0.15, -0.1) is 0 Å². The van der Waals surface area contributed by atoms with Gasteiger partial charge in [0.1, 0.15) is 13.5 Å². The Balaban J connectivity index is 3.33. The first kappa shape index (κ1) is 8.11. The van der Waals surface area contributed by atoms with Gasteiger partial charge >= 0.3 is 0 Å². The molecule has 3 heteroatoms. The van der Waals surface area contributed by atoms with Crippen LogP contribution in [0.25, 0.3) is 0 Å². The van der Waals surface area contributed by atoms with E-state index in [1.807, 2.05) is 6.92 Å². The van der Waals surface area contributed by atoms with Gasteiger partial charge < -0.3 is 4.74 Å². The fourth-order valence-electron chi connectivity index (χ4n) is 0.309. The van der Waals surface area contributed by atoms with E-state index in [1.165, 1.54) is 0 Å². The first-order chi connectivity index (χ1) is 3.68. The Morgan fingerprint density at radius 3 is 2.25 bits per heavy atom. The molecule has 0 aromatic carbocycles. The molecule has 8 heavy (non-hydrogen) atoms. The van der Waals surface area contributed by atoms with Crippen molar-refractivity contribution in [2.45, 2.75) is 20.0 Å². The first-order valence-electron chi connectivity index (χ1n) is 2.85. The van der Waals surface area contributed by atoms with Crippen LogP contribution < -0.4 is 0 Å². The van der Waals surface area contributed by atoms with Gasteiger partial charge in [-0.25, -0.2) is 0 Å². The fourth-order valence-corrected chi connectivity index (χ4v) is 0.927. The van der Waals surface area contributed by atoms with Crippen LogP contribution in [0.2, 0.25) is 13.1 Å². The Morgan fingerprint density at radius 2 is 2.12 bits per heavy atom. The summed E-state index contributed by atoms with van der Waals surface area (Å²) in [7, 11) is -0.773. The minimum absolute atomic E-state index is 0.726. The van der Waals surface area contributed by atoms with Crippen molar-refractivity contribution in [2.75, 3.05) is 6.61 Å². The molecule has 0 spiro atoms. The molecule has 0 fully saturated rings. The molecule has 0 aliphatic carbocycles. The monoisotopic (exact) mass is 148 g/mol. The molecule has 0 rings (SSSR count). The summed E-state index contributed by atoms with van der Waals surface area (Å²) in [5.74, 6) is 0. The highest BCUT2D eigenvalue weighted by atomic mass is 32.1. The third-order valence-corrected chi connectivity index (χ3v) is 3.40. The molecule has 0 heterocycles. The molecule has 0 aliphatic heterocycles.